The minimum absolute atomic E-state index is 0.231. The predicted molar refractivity (Wildman–Crippen MR) is 81.7 cm³/mol. The van der Waals surface area contributed by atoms with E-state index < -0.39 is 0 Å². The van der Waals surface area contributed by atoms with Gasteiger partial charge in [-0.05, 0) is 35.7 Å². The highest BCUT2D eigenvalue weighted by Gasteiger charge is 2.10. The van der Waals surface area contributed by atoms with E-state index in [1.54, 1.807) is 11.3 Å². The van der Waals surface area contributed by atoms with Crippen LogP contribution in [0.1, 0.15) is 5.82 Å². The lowest BCUT2D eigenvalue weighted by atomic mass is 10.2. The molecule has 114 valence electrons. The monoisotopic (exact) mass is 326 g/mol. The van der Waals surface area contributed by atoms with Gasteiger partial charge in [0.2, 0.25) is 18.1 Å². The summed E-state index contributed by atoms with van der Waals surface area (Å²) in [6.07, 6.45) is 1.29. The van der Waals surface area contributed by atoms with Crippen LogP contribution in [0.4, 0.5) is 0 Å². The number of benzene rings is 1. The lowest BCUT2D eigenvalue weighted by Gasteiger charge is -2.03. The van der Waals surface area contributed by atoms with Gasteiger partial charge in [-0.2, -0.15) is 4.98 Å². The summed E-state index contributed by atoms with van der Waals surface area (Å²) in [5, 5.41) is 13.4. The van der Waals surface area contributed by atoms with Gasteiger partial charge in [0.15, 0.2) is 6.61 Å². The van der Waals surface area contributed by atoms with Crippen molar-refractivity contribution in [3.63, 3.8) is 0 Å². The summed E-state index contributed by atoms with van der Waals surface area (Å²) < 4.78 is 16.0. The smallest absolute Gasteiger partial charge is 0.268 e. The van der Waals surface area contributed by atoms with Crippen molar-refractivity contribution in [2.75, 3.05) is 0 Å². The van der Waals surface area contributed by atoms with E-state index in [2.05, 4.69) is 20.3 Å². The van der Waals surface area contributed by atoms with E-state index in [1.807, 2.05) is 41.8 Å². The highest BCUT2D eigenvalue weighted by atomic mass is 32.1. The minimum Gasteiger partial charge on any atom is -0.485 e. The fourth-order valence-corrected chi connectivity index (χ4v) is 2.60. The molecular weight excluding hydrogens is 316 g/mol. The molecule has 8 heteroatoms. The molecule has 0 amide bonds. The molecule has 4 rings (SSSR count). The summed E-state index contributed by atoms with van der Waals surface area (Å²) in [5.74, 6) is 2.16. The SMILES string of the molecule is c1csc(-c2nc(COc3ccc(-c4nnco4)cc3)no2)c1. The molecule has 0 aliphatic rings. The van der Waals surface area contributed by atoms with E-state index in [0.29, 0.717) is 23.4 Å². The number of aromatic nitrogens is 4. The molecule has 0 saturated heterocycles. The lowest BCUT2D eigenvalue weighted by Crippen LogP contribution is -1.97. The first kappa shape index (κ1) is 13.6. The van der Waals surface area contributed by atoms with Crippen LogP contribution in [0, 0.1) is 0 Å². The van der Waals surface area contributed by atoms with Crippen molar-refractivity contribution < 1.29 is 13.7 Å². The quantitative estimate of drug-likeness (QED) is 0.555. The number of rotatable bonds is 5. The van der Waals surface area contributed by atoms with E-state index in [4.69, 9.17) is 13.7 Å². The fraction of sp³-hybridized carbons (Fsp3) is 0.0667. The van der Waals surface area contributed by atoms with Crippen LogP contribution < -0.4 is 4.74 Å². The molecule has 0 radical (unpaired) electrons. The molecule has 23 heavy (non-hydrogen) atoms. The van der Waals surface area contributed by atoms with Gasteiger partial charge in [0, 0.05) is 5.56 Å². The van der Waals surface area contributed by atoms with Gasteiger partial charge < -0.3 is 13.7 Å². The van der Waals surface area contributed by atoms with Gasteiger partial charge in [-0.25, -0.2) is 0 Å². The molecule has 3 aromatic heterocycles. The van der Waals surface area contributed by atoms with Crippen molar-refractivity contribution in [2.45, 2.75) is 6.61 Å². The van der Waals surface area contributed by atoms with Crippen LogP contribution in [0.3, 0.4) is 0 Å². The summed E-state index contributed by atoms with van der Waals surface area (Å²) in [7, 11) is 0. The van der Waals surface area contributed by atoms with Gasteiger partial charge in [0.25, 0.3) is 5.89 Å². The summed E-state index contributed by atoms with van der Waals surface area (Å²) in [4.78, 5) is 5.24. The standard InChI is InChI=1S/C15H10N4O3S/c1-2-12(23-7-1)15-17-13(19-22-15)8-20-11-5-3-10(4-6-11)14-18-16-9-21-14/h1-7,9H,8H2. The van der Waals surface area contributed by atoms with Crippen LogP contribution >= 0.6 is 11.3 Å². The van der Waals surface area contributed by atoms with Gasteiger partial charge >= 0.3 is 0 Å². The summed E-state index contributed by atoms with van der Waals surface area (Å²) in [5.41, 5.74) is 0.828. The van der Waals surface area contributed by atoms with Gasteiger partial charge in [0.05, 0.1) is 4.88 Å². The Balaban J connectivity index is 1.41. The largest absolute Gasteiger partial charge is 0.485 e. The van der Waals surface area contributed by atoms with Crippen LogP contribution in [0.2, 0.25) is 0 Å². The molecule has 0 unspecified atom stereocenters. The van der Waals surface area contributed by atoms with Crippen LogP contribution in [-0.2, 0) is 6.61 Å². The fourth-order valence-electron chi connectivity index (χ4n) is 1.95. The first-order valence-electron chi connectivity index (χ1n) is 6.74. The third kappa shape index (κ3) is 2.97. The molecular formula is C15H10N4O3S. The molecule has 7 nitrogen and oxygen atoms in total. The Morgan fingerprint density at radius 3 is 2.74 bits per heavy atom. The lowest BCUT2D eigenvalue weighted by molar-refractivity contribution is 0.287. The van der Waals surface area contributed by atoms with Crippen molar-refractivity contribution in [1.82, 2.24) is 20.3 Å². The Kier molecular flexibility index (Phi) is 3.57. The average Bonchev–Trinajstić information content (AvgIpc) is 3.35. The number of ether oxygens (including phenoxy) is 1. The highest BCUT2D eigenvalue weighted by molar-refractivity contribution is 7.13. The van der Waals surface area contributed by atoms with Crippen LogP contribution in [0.5, 0.6) is 5.75 Å². The Bertz CT molecular complexity index is 870. The normalized spacial score (nSPS) is 10.8. The van der Waals surface area contributed by atoms with Crippen molar-refractivity contribution in [3.8, 4) is 28.0 Å². The molecule has 0 aliphatic heterocycles. The highest BCUT2D eigenvalue weighted by Crippen LogP contribution is 2.23. The molecule has 0 N–H and O–H groups in total. The third-order valence-electron chi connectivity index (χ3n) is 3.03. The number of hydrogen-bond acceptors (Lipinski definition) is 8. The molecule has 0 spiro atoms. The first-order chi connectivity index (χ1) is 11.4. The van der Waals surface area contributed by atoms with Crippen LogP contribution in [0.15, 0.2) is 57.1 Å². The number of nitrogens with zero attached hydrogens (tertiary/aromatic N) is 4. The van der Waals surface area contributed by atoms with Crippen molar-refractivity contribution in [3.05, 3.63) is 54.0 Å². The van der Waals surface area contributed by atoms with E-state index >= 15 is 0 Å². The van der Waals surface area contributed by atoms with Crippen molar-refractivity contribution >= 4 is 11.3 Å². The maximum absolute atomic E-state index is 5.65. The first-order valence-corrected chi connectivity index (χ1v) is 7.62. The number of thiophene rings is 1. The zero-order valence-corrected chi connectivity index (χ0v) is 12.6. The Morgan fingerprint density at radius 2 is 2.00 bits per heavy atom. The van der Waals surface area contributed by atoms with Gasteiger partial charge in [-0.3, -0.25) is 0 Å². The third-order valence-corrected chi connectivity index (χ3v) is 3.89. The molecule has 3 heterocycles. The van der Waals surface area contributed by atoms with Gasteiger partial charge in [-0.1, -0.05) is 11.2 Å². The molecule has 1 aromatic carbocycles. The zero-order valence-electron chi connectivity index (χ0n) is 11.7. The second kappa shape index (κ2) is 6.01. The maximum atomic E-state index is 5.65. The second-order valence-electron chi connectivity index (χ2n) is 4.55. The number of hydrogen-bond donors (Lipinski definition) is 0. The molecule has 0 bridgehead atoms. The summed E-state index contributed by atoms with van der Waals surface area (Å²) in [6.45, 7) is 0.231. The van der Waals surface area contributed by atoms with E-state index in [-0.39, 0.29) is 6.61 Å². The van der Waals surface area contributed by atoms with E-state index in [0.717, 1.165) is 10.4 Å². The minimum atomic E-state index is 0.231. The molecule has 0 aliphatic carbocycles. The molecule has 4 aromatic rings. The Morgan fingerprint density at radius 1 is 1.09 bits per heavy atom. The predicted octanol–water partition coefficient (Wildman–Crippen LogP) is 3.43. The molecule has 0 saturated carbocycles. The van der Waals surface area contributed by atoms with E-state index in [1.165, 1.54) is 6.39 Å². The topological polar surface area (TPSA) is 87.1 Å². The Labute approximate surface area is 134 Å². The maximum Gasteiger partial charge on any atom is 0.268 e. The second-order valence-corrected chi connectivity index (χ2v) is 5.50. The van der Waals surface area contributed by atoms with Crippen LogP contribution in [0.25, 0.3) is 22.2 Å². The van der Waals surface area contributed by atoms with Crippen LogP contribution in [-0.4, -0.2) is 20.3 Å². The summed E-state index contributed by atoms with van der Waals surface area (Å²) in [6, 6.07) is 11.2. The zero-order chi connectivity index (χ0) is 15.5. The average molecular weight is 326 g/mol. The molecule has 0 atom stereocenters. The Hall–Kier alpha value is -3.00. The van der Waals surface area contributed by atoms with E-state index in [9.17, 15) is 0 Å². The summed E-state index contributed by atoms with van der Waals surface area (Å²) >= 11 is 1.55. The van der Waals surface area contributed by atoms with Gasteiger partial charge in [0.1, 0.15) is 5.75 Å². The van der Waals surface area contributed by atoms with Crippen molar-refractivity contribution in [2.24, 2.45) is 0 Å². The molecule has 0 fully saturated rings. The van der Waals surface area contributed by atoms with Crippen molar-refractivity contribution in [1.29, 1.82) is 0 Å². The van der Waals surface area contributed by atoms with Gasteiger partial charge in [-0.15, -0.1) is 21.5 Å².